The van der Waals surface area contributed by atoms with Crippen molar-refractivity contribution in [3.63, 3.8) is 0 Å². The summed E-state index contributed by atoms with van der Waals surface area (Å²) in [5.74, 6) is -1.01. The highest BCUT2D eigenvalue weighted by atomic mass is 32.2. The number of rotatable bonds is 28. The van der Waals surface area contributed by atoms with E-state index in [9.17, 15) is 22.9 Å². The van der Waals surface area contributed by atoms with E-state index < -0.39 is 28.0 Å². The fourth-order valence-corrected chi connectivity index (χ4v) is 5.30. The molecule has 7 heteroatoms. The van der Waals surface area contributed by atoms with Gasteiger partial charge in [-0.15, -0.1) is 0 Å². The van der Waals surface area contributed by atoms with Crippen LogP contribution in [-0.4, -0.2) is 41.9 Å². The van der Waals surface area contributed by atoms with Gasteiger partial charge < -0.3 is 10.4 Å². The first-order valence-electron chi connectivity index (χ1n) is 16.2. The van der Waals surface area contributed by atoms with Crippen LogP contribution in [0.15, 0.2) is 36.5 Å². The number of amides is 1. The van der Waals surface area contributed by atoms with Gasteiger partial charge in [-0.1, -0.05) is 127 Å². The van der Waals surface area contributed by atoms with Crippen molar-refractivity contribution in [1.82, 2.24) is 5.32 Å². The summed E-state index contributed by atoms with van der Waals surface area (Å²) < 4.78 is 32.1. The average molecular weight is 584 g/mol. The van der Waals surface area contributed by atoms with Crippen molar-refractivity contribution in [3.05, 3.63) is 36.5 Å². The first-order chi connectivity index (χ1) is 19.3. The molecule has 6 nitrogen and oxygen atoms in total. The van der Waals surface area contributed by atoms with Crippen LogP contribution in [0.4, 0.5) is 0 Å². The van der Waals surface area contributed by atoms with E-state index in [0.717, 1.165) is 51.4 Å². The second-order valence-electron chi connectivity index (χ2n) is 11.1. The molecular formula is C33H61NO5S. The predicted molar refractivity (Wildman–Crippen MR) is 170 cm³/mol. The van der Waals surface area contributed by atoms with Gasteiger partial charge >= 0.3 is 0 Å². The third-order valence-corrected chi connectivity index (χ3v) is 7.82. The van der Waals surface area contributed by atoms with Gasteiger partial charge in [0.15, 0.2) is 0 Å². The molecule has 0 aromatic carbocycles. The Labute approximate surface area is 246 Å². The minimum absolute atomic E-state index is 0.282. The second kappa shape index (κ2) is 27.7. The maximum absolute atomic E-state index is 12.4. The lowest BCUT2D eigenvalue weighted by Crippen LogP contribution is -2.46. The topological polar surface area (TPSA) is 104 Å². The fraction of sp³-hybridized carbons (Fsp3) is 0.788. The maximum Gasteiger partial charge on any atom is 0.267 e. The number of carbonyl (C=O) groups is 1. The van der Waals surface area contributed by atoms with E-state index in [0.29, 0.717) is 6.42 Å². The Balaban J connectivity index is 3.99. The molecule has 0 aliphatic heterocycles. The normalized spacial score (nSPS) is 14.0. The van der Waals surface area contributed by atoms with Crippen LogP contribution in [0.1, 0.15) is 149 Å². The predicted octanol–water partition coefficient (Wildman–Crippen LogP) is 8.62. The summed E-state index contributed by atoms with van der Waals surface area (Å²) in [6.45, 7) is 4.41. The highest BCUT2D eigenvalue weighted by Crippen LogP contribution is 2.12. The summed E-state index contributed by atoms with van der Waals surface area (Å²) in [5.41, 5.74) is 0. The number of allylic oxidation sites excluding steroid dienone is 5. The van der Waals surface area contributed by atoms with Gasteiger partial charge in [0.2, 0.25) is 5.91 Å². The summed E-state index contributed by atoms with van der Waals surface area (Å²) in [4.78, 5) is 12.4. The molecule has 0 saturated heterocycles. The summed E-state index contributed by atoms with van der Waals surface area (Å²) >= 11 is 0. The zero-order valence-corrected chi connectivity index (χ0v) is 26.5. The van der Waals surface area contributed by atoms with Crippen molar-refractivity contribution in [1.29, 1.82) is 0 Å². The van der Waals surface area contributed by atoms with Crippen LogP contribution in [0.5, 0.6) is 0 Å². The Kier molecular flexibility index (Phi) is 26.7. The molecule has 0 aliphatic rings. The SMILES string of the molecule is CCCC/C=C/CC/C=C/C(O)C(CS(=O)(=O)O)NC(=O)CCCCCCCCC/C=C\CCCCCCCC. The molecule has 0 aromatic heterocycles. The minimum atomic E-state index is -4.34. The molecular weight excluding hydrogens is 522 g/mol. The Morgan fingerprint density at radius 3 is 1.65 bits per heavy atom. The smallest absolute Gasteiger partial charge is 0.267 e. The Bertz CT molecular complexity index is 776. The number of unbranched alkanes of at least 4 members (excludes halogenated alkanes) is 16. The molecule has 1 amide bonds. The van der Waals surface area contributed by atoms with E-state index in [1.807, 2.05) is 0 Å². The van der Waals surface area contributed by atoms with Gasteiger partial charge in [-0.3, -0.25) is 9.35 Å². The van der Waals surface area contributed by atoms with E-state index in [1.54, 1.807) is 6.08 Å². The molecule has 0 saturated carbocycles. The van der Waals surface area contributed by atoms with E-state index in [-0.39, 0.29) is 12.3 Å². The van der Waals surface area contributed by atoms with E-state index >= 15 is 0 Å². The summed E-state index contributed by atoms with van der Waals surface area (Å²) in [5, 5.41) is 13.0. The minimum Gasteiger partial charge on any atom is -0.387 e. The number of hydrogen-bond donors (Lipinski definition) is 3. The van der Waals surface area contributed by atoms with Crippen LogP contribution < -0.4 is 5.32 Å². The number of carbonyl (C=O) groups excluding carboxylic acids is 1. The van der Waals surface area contributed by atoms with Crippen molar-refractivity contribution in [2.45, 2.75) is 161 Å². The molecule has 2 atom stereocenters. The Morgan fingerprint density at radius 1 is 0.650 bits per heavy atom. The monoisotopic (exact) mass is 583 g/mol. The largest absolute Gasteiger partial charge is 0.387 e. The average Bonchev–Trinajstić information content (AvgIpc) is 2.90. The van der Waals surface area contributed by atoms with Crippen LogP contribution in [0.3, 0.4) is 0 Å². The van der Waals surface area contributed by atoms with Gasteiger partial charge in [-0.25, -0.2) is 0 Å². The van der Waals surface area contributed by atoms with Crippen LogP contribution >= 0.6 is 0 Å². The van der Waals surface area contributed by atoms with Gasteiger partial charge in [0.05, 0.1) is 17.9 Å². The molecule has 0 bridgehead atoms. The molecule has 0 radical (unpaired) electrons. The van der Waals surface area contributed by atoms with Gasteiger partial charge in [-0.2, -0.15) is 8.42 Å². The van der Waals surface area contributed by atoms with Crippen LogP contribution in [0.25, 0.3) is 0 Å². The Morgan fingerprint density at radius 2 is 1.10 bits per heavy atom. The van der Waals surface area contributed by atoms with Crippen molar-refractivity contribution < 1.29 is 22.9 Å². The summed E-state index contributed by atoms with van der Waals surface area (Å²) in [6, 6.07) is -1.07. The van der Waals surface area contributed by atoms with Crippen molar-refractivity contribution >= 4 is 16.0 Å². The molecule has 2 unspecified atom stereocenters. The van der Waals surface area contributed by atoms with Gasteiger partial charge in [-0.05, 0) is 51.4 Å². The lowest BCUT2D eigenvalue weighted by atomic mass is 10.1. The lowest BCUT2D eigenvalue weighted by molar-refractivity contribution is -0.122. The second-order valence-corrected chi connectivity index (χ2v) is 12.6. The zero-order valence-electron chi connectivity index (χ0n) is 25.7. The number of hydrogen-bond acceptors (Lipinski definition) is 4. The molecule has 234 valence electrons. The molecule has 0 spiro atoms. The third-order valence-electron chi connectivity index (χ3n) is 7.04. The van der Waals surface area contributed by atoms with Crippen molar-refractivity contribution in [2.24, 2.45) is 0 Å². The number of nitrogens with one attached hydrogen (secondary N) is 1. The van der Waals surface area contributed by atoms with E-state index in [2.05, 4.69) is 43.5 Å². The van der Waals surface area contributed by atoms with Crippen molar-refractivity contribution in [2.75, 3.05) is 5.75 Å². The standard InChI is InChI=1S/C33H61NO5S/c1-3-5-7-9-11-13-14-15-16-17-18-19-20-21-23-25-27-29-33(36)34-31(30-40(37,38)39)32(35)28-26-24-22-12-10-8-6-4-2/h10,12,15-16,26,28,31-32,35H,3-9,11,13-14,17-25,27,29-30H2,1-2H3,(H,34,36)(H,37,38,39)/b12-10+,16-15-,28-26+. The zero-order chi connectivity index (χ0) is 29.7. The van der Waals surface area contributed by atoms with Gasteiger partial charge in [0, 0.05) is 6.42 Å². The lowest BCUT2D eigenvalue weighted by Gasteiger charge is -2.21. The van der Waals surface area contributed by atoms with E-state index in [4.69, 9.17) is 0 Å². The van der Waals surface area contributed by atoms with Crippen LogP contribution in [-0.2, 0) is 14.9 Å². The molecule has 0 fully saturated rings. The first kappa shape index (κ1) is 38.6. The molecule has 3 N–H and O–H groups in total. The summed E-state index contributed by atoms with van der Waals surface area (Å²) in [7, 11) is -4.34. The Hall–Kier alpha value is -1.44. The quantitative estimate of drug-likeness (QED) is 0.0486. The maximum atomic E-state index is 12.4. The van der Waals surface area contributed by atoms with E-state index in [1.165, 1.54) is 76.7 Å². The van der Waals surface area contributed by atoms with Gasteiger partial charge in [0.25, 0.3) is 10.1 Å². The molecule has 0 aliphatic carbocycles. The number of aliphatic hydroxyl groups excluding tert-OH is 1. The molecule has 0 aromatic rings. The number of aliphatic hydroxyl groups is 1. The van der Waals surface area contributed by atoms with Crippen molar-refractivity contribution in [3.8, 4) is 0 Å². The highest BCUT2D eigenvalue weighted by molar-refractivity contribution is 7.85. The van der Waals surface area contributed by atoms with Gasteiger partial charge in [0.1, 0.15) is 0 Å². The molecule has 0 heterocycles. The fourth-order valence-electron chi connectivity index (χ4n) is 4.56. The van der Waals surface area contributed by atoms with Crippen LogP contribution in [0, 0.1) is 0 Å². The molecule has 0 rings (SSSR count). The first-order valence-corrected chi connectivity index (χ1v) is 17.8. The van der Waals surface area contributed by atoms with Crippen LogP contribution in [0.2, 0.25) is 0 Å². The highest BCUT2D eigenvalue weighted by Gasteiger charge is 2.24. The third kappa shape index (κ3) is 28.1. The summed E-state index contributed by atoms with van der Waals surface area (Å²) in [6.07, 6.45) is 34.3. The molecule has 40 heavy (non-hydrogen) atoms.